The highest BCUT2D eigenvalue weighted by Gasteiger charge is 2.31. The lowest BCUT2D eigenvalue weighted by Gasteiger charge is -2.32. The van der Waals surface area contributed by atoms with Crippen molar-refractivity contribution < 1.29 is 14.3 Å². The lowest BCUT2D eigenvalue weighted by Crippen LogP contribution is -2.45. The van der Waals surface area contributed by atoms with Gasteiger partial charge >= 0.3 is 0 Å². The largest absolute Gasteiger partial charge is 0.479 e. The summed E-state index contributed by atoms with van der Waals surface area (Å²) in [6, 6.07) is 15.4. The molecule has 148 valence electrons. The second-order valence-electron chi connectivity index (χ2n) is 6.87. The van der Waals surface area contributed by atoms with Gasteiger partial charge in [0.15, 0.2) is 11.2 Å². The number of benzene rings is 2. The second kappa shape index (κ2) is 8.05. The van der Waals surface area contributed by atoms with E-state index in [9.17, 15) is 9.59 Å². The van der Waals surface area contributed by atoms with Crippen molar-refractivity contribution in [3.05, 3.63) is 59.5 Å². The van der Waals surface area contributed by atoms with E-state index in [2.05, 4.69) is 10.3 Å². The number of hydrogen-bond acceptors (Lipinski definition) is 5. The van der Waals surface area contributed by atoms with Crippen LogP contribution in [-0.4, -0.2) is 29.4 Å². The van der Waals surface area contributed by atoms with Gasteiger partial charge in [-0.3, -0.25) is 9.59 Å². The average Bonchev–Trinajstić information content (AvgIpc) is 3.17. The maximum Gasteiger partial charge on any atom is 0.267 e. The molecular formula is C22H21N3O3S. The Labute approximate surface area is 173 Å². The number of fused-ring (bicyclic) bond motifs is 1. The van der Waals surface area contributed by atoms with Crippen LogP contribution in [0.3, 0.4) is 0 Å². The Morgan fingerprint density at radius 2 is 1.97 bits per heavy atom. The van der Waals surface area contributed by atoms with Crippen molar-refractivity contribution in [1.82, 2.24) is 4.98 Å². The highest BCUT2D eigenvalue weighted by atomic mass is 32.1. The van der Waals surface area contributed by atoms with Crippen LogP contribution >= 0.6 is 11.3 Å². The highest BCUT2D eigenvalue weighted by Crippen LogP contribution is 2.33. The lowest BCUT2D eigenvalue weighted by molar-refractivity contribution is -0.125. The number of thiazole rings is 1. The third-order valence-electron chi connectivity index (χ3n) is 4.81. The van der Waals surface area contributed by atoms with Crippen molar-refractivity contribution in [1.29, 1.82) is 0 Å². The van der Waals surface area contributed by atoms with Gasteiger partial charge in [0.25, 0.3) is 5.91 Å². The van der Waals surface area contributed by atoms with E-state index in [0.717, 1.165) is 16.8 Å². The molecule has 0 saturated heterocycles. The molecule has 0 bridgehead atoms. The SMILES string of the molecule is Cc1ccccc1-c1csc(NC(=O)CCN2C(=O)C(C)Oc3ccccc32)n1. The van der Waals surface area contributed by atoms with E-state index >= 15 is 0 Å². The fraction of sp³-hybridized carbons (Fsp3) is 0.227. The number of carbonyl (C=O) groups excluding carboxylic acids is 2. The molecule has 0 radical (unpaired) electrons. The summed E-state index contributed by atoms with van der Waals surface area (Å²) in [5, 5.41) is 5.32. The zero-order valence-electron chi connectivity index (χ0n) is 16.2. The molecule has 1 aliphatic heterocycles. The summed E-state index contributed by atoms with van der Waals surface area (Å²) in [4.78, 5) is 31.1. The molecule has 29 heavy (non-hydrogen) atoms. The standard InChI is InChI=1S/C22H21N3O3S/c1-14-7-3-4-8-16(14)17-13-29-22(23-17)24-20(26)11-12-25-18-9-5-6-10-19(18)28-15(2)21(25)27/h3-10,13,15H,11-12H2,1-2H3,(H,23,24,26). The predicted octanol–water partition coefficient (Wildman–Crippen LogP) is 4.26. The molecular weight excluding hydrogens is 386 g/mol. The Morgan fingerprint density at radius 3 is 2.79 bits per heavy atom. The van der Waals surface area contributed by atoms with Crippen LogP contribution in [0.5, 0.6) is 5.75 Å². The first-order chi connectivity index (χ1) is 14.0. The minimum atomic E-state index is -0.566. The molecule has 2 aromatic carbocycles. The Morgan fingerprint density at radius 1 is 1.21 bits per heavy atom. The van der Waals surface area contributed by atoms with Crippen LogP contribution < -0.4 is 15.0 Å². The summed E-state index contributed by atoms with van der Waals surface area (Å²) < 4.78 is 5.63. The van der Waals surface area contributed by atoms with Crippen LogP contribution in [0, 0.1) is 6.92 Å². The quantitative estimate of drug-likeness (QED) is 0.686. The normalized spacial score (nSPS) is 15.6. The molecule has 2 amide bonds. The molecule has 7 heteroatoms. The van der Waals surface area contributed by atoms with Crippen LogP contribution in [0.2, 0.25) is 0 Å². The van der Waals surface area contributed by atoms with Crippen molar-refractivity contribution in [2.75, 3.05) is 16.8 Å². The van der Waals surface area contributed by atoms with Crippen molar-refractivity contribution in [2.24, 2.45) is 0 Å². The number of anilines is 2. The molecule has 1 aromatic heterocycles. The van der Waals surface area contributed by atoms with Gasteiger partial charge in [-0.05, 0) is 31.5 Å². The number of ether oxygens (including phenoxy) is 1. The monoisotopic (exact) mass is 407 g/mol. The number of hydrogen-bond donors (Lipinski definition) is 1. The number of amides is 2. The molecule has 0 saturated carbocycles. The molecule has 6 nitrogen and oxygen atoms in total. The maximum absolute atomic E-state index is 12.5. The Bertz CT molecular complexity index is 1060. The van der Waals surface area contributed by atoms with E-state index < -0.39 is 6.10 Å². The van der Waals surface area contributed by atoms with Gasteiger partial charge in [-0.25, -0.2) is 4.98 Å². The fourth-order valence-electron chi connectivity index (χ4n) is 3.30. The second-order valence-corrected chi connectivity index (χ2v) is 7.73. The van der Waals surface area contributed by atoms with Gasteiger partial charge in [0.05, 0.1) is 11.4 Å². The number of nitrogens with zero attached hydrogens (tertiary/aromatic N) is 2. The molecule has 3 aromatic rings. The number of carbonyl (C=O) groups is 2. The first kappa shape index (κ1) is 19.1. The van der Waals surface area contributed by atoms with Crippen molar-refractivity contribution in [2.45, 2.75) is 26.4 Å². The van der Waals surface area contributed by atoms with E-state index in [1.54, 1.807) is 11.8 Å². The van der Waals surface area contributed by atoms with Gasteiger partial charge in [-0.1, -0.05) is 36.4 Å². The van der Waals surface area contributed by atoms with E-state index in [4.69, 9.17) is 4.74 Å². The van der Waals surface area contributed by atoms with Gasteiger partial charge in [-0.2, -0.15) is 0 Å². The zero-order valence-corrected chi connectivity index (χ0v) is 17.0. The smallest absolute Gasteiger partial charge is 0.267 e. The maximum atomic E-state index is 12.5. The third kappa shape index (κ3) is 4.00. The van der Waals surface area contributed by atoms with Crippen molar-refractivity contribution in [3.8, 4) is 17.0 Å². The number of aryl methyl sites for hydroxylation is 1. The molecule has 4 rings (SSSR count). The number of rotatable bonds is 5. The van der Waals surface area contributed by atoms with E-state index in [0.29, 0.717) is 16.6 Å². The molecule has 2 heterocycles. The Hall–Kier alpha value is -3.19. The van der Waals surface area contributed by atoms with Gasteiger partial charge in [0, 0.05) is 23.9 Å². The summed E-state index contributed by atoms with van der Waals surface area (Å²) in [7, 11) is 0. The fourth-order valence-corrected chi connectivity index (χ4v) is 4.03. The molecule has 1 aliphatic rings. The van der Waals surface area contributed by atoms with Crippen LogP contribution in [-0.2, 0) is 9.59 Å². The topological polar surface area (TPSA) is 71.5 Å². The van der Waals surface area contributed by atoms with Gasteiger partial charge < -0.3 is 15.0 Å². The predicted molar refractivity (Wildman–Crippen MR) is 114 cm³/mol. The minimum Gasteiger partial charge on any atom is -0.479 e. The van der Waals surface area contributed by atoms with Gasteiger partial charge in [0.1, 0.15) is 5.75 Å². The van der Waals surface area contributed by atoms with Crippen molar-refractivity contribution in [3.63, 3.8) is 0 Å². The molecule has 0 fully saturated rings. The molecule has 1 unspecified atom stereocenters. The Balaban J connectivity index is 1.41. The van der Waals surface area contributed by atoms with Crippen LogP contribution in [0.15, 0.2) is 53.9 Å². The summed E-state index contributed by atoms with van der Waals surface area (Å²) >= 11 is 1.39. The van der Waals surface area contributed by atoms with E-state index in [1.165, 1.54) is 11.3 Å². The number of nitrogens with one attached hydrogen (secondary N) is 1. The molecule has 1 atom stereocenters. The number of aromatic nitrogens is 1. The first-order valence-electron chi connectivity index (χ1n) is 9.41. The summed E-state index contributed by atoms with van der Waals surface area (Å²) in [5.74, 6) is 0.329. The average molecular weight is 407 g/mol. The van der Waals surface area contributed by atoms with Gasteiger partial charge in [-0.15, -0.1) is 11.3 Å². The summed E-state index contributed by atoms with van der Waals surface area (Å²) in [6.07, 6.45) is -0.393. The molecule has 1 N–H and O–H groups in total. The zero-order chi connectivity index (χ0) is 20.4. The minimum absolute atomic E-state index is 0.146. The number of para-hydroxylation sites is 2. The lowest BCUT2D eigenvalue weighted by atomic mass is 10.1. The van der Waals surface area contributed by atoms with E-state index in [-0.39, 0.29) is 24.8 Å². The van der Waals surface area contributed by atoms with E-state index in [1.807, 2.05) is 60.8 Å². The highest BCUT2D eigenvalue weighted by molar-refractivity contribution is 7.14. The van der Waals surface area contributed by atoms with Crippen molar-refractivity contribution >= 4 is 34.0 Å². The molecule has 0 aliphatic carbocycles. The third-order valence-corrected chi connectivity index (χ3v) is 5.57. The first-order valence-corrected chi connectivity index (χ1v) is 10.3. The van der Waals surface area contributed by atoms with Crippen LogP contribution in [0.25, 0.3) is 11.3 Å². The Kier molecular flexibility index (Phi) is 5.31. The molecule has 0 spiro atoms. The van der Waals surface area contributed by atoms with Crippen LogP contribution in [0.4, 0.5) is 10.8 Å². The summed E-state index contributed by atoms with van der Waals surface area (Å²) in [5.41, 5.74) is 3.72. The van der Waals surface area contributed by atoms with Gasteiger partial charge in [0.2, 0.25) is 5.91 Å². The summed E-state index contributed by atoms with van der Waals surface area (Å²) in [6.45, 7) is 4.03. The van der Waals surface area contributed by atoms with Crippen LogP contribution in [0.1, 0.15) is 18.9 Å².